The van der Waals surface area contributed by atoms with E-state index in [1.165, 1.54) is 6.42 Å². The molecule has 3 aliphatic heterocycles. The van der Waals surface area contributed by atoms with Crippen molar-refractivity contribution in [3.63, 3.8) is 0 Å². The molecule has 0 spiro atoms. The monoisotopic (exact) mass is 390 g/mol. The maximum atomic E-state index is 15.4. The molecule has 4 rings (SSSR count). The Balaban J connectivity index is 1.48. The van der Waals surface area contributed by atoms with E-state index in [2.05, 4.69) is 10.2 Å². The van der Waals surface area contributed by atoms with Gasteiger partial charge in [0, 0.05) is 25.0 Å². The van der Waals surface area contributed by atoms with Crippen LogP contribution in [-0.4, -0.2) is 85.7 Å². The maximum Gasteiger partial charge on any atom is 0.304 e. The van der Waals surface area contributed by atoms with Gasteiger partial charge in [-0.1, -0.05) is 0 Å². The molecule has 26 heavy (non-hydrogen) atoms. The van der Waals surface area contributed by atoms with Crippen LogP contribution in [-0.2, 0) is 15.0 Å². The van der Waals surface area contributed by atoms with E-state index in [0.29, 0.717) is 19.0 Å². The van der Waals surface area contributed by atoms with Crippen LogP contribution >= 0.6 is 0 Å². The molecule has 1 saturated carbocycles. The summed E-state index contributed by atoms with van der Waals surface area (Å²) in [5.41, 5.74) is 0. The number of alkyl halides is 1. The Morgan fingerprint density at radius 2 is 2.12 bits per heavy atom. The third kappa shape index (κ3) is 3.37. The van der Waals surface area contributed by atoms with E-state index in [4.69, 9.17) is 0 Å². The SMILES string of the molecule is O=C1CN(C2C(O)CC3CCN(CC4CCCN4)CC3C2F)S(=O)(=O)N1. The molecule has 6 atom stereocenters. The van der Waals surface area contributed by atoms with E-state index in [1.807, 2.05) is 4.72 Å². The Hall–Kier alpha value is -0.810. The molecule has 1 aliphatic carbocycles. The van der Waals surface area contributed by atoms with Gasteiger partial charge in [-0.3, -0.25) is 4.79 Å². The largest absolute Gasteiger partial charge is 0.391 e. The summed E-state index contributed by atoms with van der Waals surface area (Å²) in [4.78, 5) is 13.8. The number of carbonyl (C=O) groups is 1. The van der Waals surface area contributed by atoms with Gasteiger partial charge in [0.25, 0.3) is 0 Å². The Morgan fingerprint density at radius 1 is 1.31 bits per heavy atom. The van der Waals surface area contributed by atoms with Crippen molar-refractivity contribution >= 4 is 16.1 Å². The van der Waals surface area contributed by atoms with Crippen LogP contribution in [0.15, 0.2) is 0 Å². The number of aliphatic hydroxyl groups excluding tert-OH is 1. The highest BCUT2D eigenvalue weighted by atomic mass is 32.2. The van der Waals surface area contributed by atoms with Crippen molar-refractivity contribution in [2.24, 2.45) is 11.8 Å². The molecule has 10 heteroatoms. The Kier molecular flexibility index (Phi) is 4.98. The molecule has 0 aromatic carbocycles. The topological polar surface area (TPSA) is 102 Å². The molecule has 3 heterocycles. The summed E-state index contributed by atoms with van der Waals surface area (Å²) < 4.78 is 42.3. The number of piperidine rings is 1. The average Bonchev–Trinajstić information content (AvgIpc) is 3.15. The molecular formula is C16H27FN4O4S. The van der Waals surface area contributed by atoms with E-state index in [1.54, 1.807) is 0 Å². The zero-order chi connectivity index (χ0) is 18.5. The molecular weight excluding hydrogens is 363 g/mol. The van der Waals surface area contributed by atoms with Crippen LogP contribution in [0.3, 0.4) is 0 Å². The van der Waals surface area contributed by atoms with E-state index in [0.717, 1.165) is 36.8 Å². The summed E-state index contributed by atoms with van der Waals surface area (Å²) in [6, 6.07) is -0.750. The lowest BCUT2D eigenvalue weighted by atomic mass is 9.70. The summed E-state index contributed by atoms with van der Waals surface area (Å²) in [5, 5.41) is 13.9. The number of halogens is 1. The van der Waals surface area contributed by atoms with Crippen molar-refractivity contribution in [1.82, 2.24) is 19.2 Å². The first-order valence-electron chi connectivity index (χ1n) is 9.45. The van der Waals surface area contributed by atoms with Crippen molar-refractivity contribution in [3.05, 3.63) is 0 Å². The second-order valence-electron chi connectivity index (χ2n) is 8.08. The molecule has 3 saturated heterocycles. The number of rotatable bonds is 3. The number of carbonyl (C=O) groups excluding carboxylic acids is 1. The van der Waals surface area contributed by atoms with Crippen LogP contribution in [0.5, 0.6) is 0 Å². The minimum atomic E-state index is -4.06. The van der Waals surface area contributed by atoms with Gasteiger partial charge in [-0.2, -0.15) is 12.7 Å². The summed E-state index contributed by atoms with van der Waals surface area (Å²) in [7, 11) is -4.06. The molecule has 0 aromatic heterocycles. The van der Waals surface area contributed by atoms with Crippen LogP contribution in [0.2, 0.25) is 0 Å². The smallest absolute Gasteiger partial charge is 0.304 e. The van der Waals surface area contributed by atoms with E-state index in [9.17, 15) is 18.3 Å². The van der Waals surface area contributed by atoms with Crippen LogP contribution in [0, 0.1) is 11.8 Å². The van der Waals surface area contributed by atoms with Gasteiger partial charge in [-0.05, 0) is 44.7 Å². The Labute approximate surface area is 153 Å². The quantitative estimate of drug-likeness (QED) is 0.561. The molecule has 0 radical (unpaired) electrons. The predicted octanol–water partition coefficient (Wildman–Crippen LogP) is -1.18. The molecule has 0 aromatic rings. The number of nitrogens with one attached hydrogen (secondary N) is 2. The number of fused-ring (bicyclic) bond motifs is 1. The summed E-state index contributed by atoms with van der Waals surface area (Å²) >= 11 is 0. The average molecular weight is 390 g/mol. The summed E-state index contributed by atoms with van der Waals surface area (Å²) in [5.74, 6) is -0.938. The molecule has 6 unspecified atom stereocenters. The maximum absolute atomic E-state index is 15.4. The van der Waals surface area contributed by atoms with Crippen LogP contribution in [0.25, 0.3) is 0 Å². The van der Waals surface area contributed by atoms with Gasteiger partial charge < -0.3 is 15.3 Å². The summed E-state index contributed by atoms with van der Waals surface area (Å²) in [6.45, 7) is 2.94. The second kappa shape index (κ2) is 6.97. The van der Waals surface area contributed by atoms with Gasteiger partial charge in [0.15, 0.2) is 0 Å². The lowest BCUT2D eigenvalue weighted by molar-refractivity contribution is -0.120. The molecule has 0 bridgehead atoms. The highest BCUT2D eigenvalue weighted by molar-refractivity contribution is 7.88. The van der Waals surface area contributed by atoms with Gasteiger partial charge in [-0.25, -0.2) is 9.11 Å². The van der Waals surface area contributed by atoms with Gasteiger partial charge in [-0.15, -0.1) is 0 Å². The number of likely N-dealkylation sites (tertiary alicyclic amines) is 1. The molecule has 1 amide bonds. The Bertz CT molecular complexity index is 657. The highest BCUT2D eigenvalue weighted by Gasteiger charge is 2.53. The van der Waals surface area contributed by atoms with Gasteiger partial charge in [0.2, 0.25) is 5.91 Å². The first kappa shape index (κ1) is 18.5. The van der Waals surface area contributed by atoms with Crippen molar-refractivity contribution in [2.75, 3.05) is 32.7 Å². The highest BCUT2D eigenvalue weighted by Crippen LogP contribution is 2.41. The summed E-state index contributed by atoms with van der Waals surface area (Å²) in [6.07, 6.45) is 0.919. The first-order valence-corrected chi connectivity index (χ1v) is 10.9. The minimum Gasteiger partial charge on any atom is -0.391 e. The zero-order valence-electron chi connectivity index (χ0n) is 14.7. The van der Waals surface area contributed by atoms with E-state index in [-0.39, 0.29) is 11.8 Å². The van der Waals surface area contributed by atoms with Crippen molar-refractivity contribution < 1.29 is 22.7 Å². The molecule has 4 aliphatic rings. The molecule has 3 N–H and O–H groups in total. The number of hydrogen-bond acceptors (Lipinski definition) is 6. The van der Waals surface area contributed by atoms with Gasteiger partial charge in [0.1, 0.15) is 6.17 Å². The fourth-order valence-corrected chi connectivity index (χ4v) is 6.47. The zero-order valence-corrected chi connectivity index (χ0v) is 15.5. The van der Waals surface area contributed by atoms with Gasteiger partial charge >= 0.3 is 10.2 Å². The van der Waals surface area contributed by atoms with Crippen molar-refractivity contribution in [3.8, 4) is 0 Å². The van der Waals surface area contributed by atoms with Crippen molar-refractivity contribution in [2.45, 2.75) is 50.0 Å². The van der Waals surface area contributed by atoms with Crippen LogP contribution < -0.4 is 10.0 Å². The number of amides is 1. The fraction of sp³-hybridized carbons (Fsp3) is 0.938. The van der Waals surface area contributed by atoms with Crippen LogP contribution in [0.1, 0.15) is 25.7 Å². The molecule has 148 valence electrons. The first-order chi connectivity index (χ1) is 12.3. The molecule has 4 fully saturated rings. The lowest BCUT2D eigenvalue weighted by Gasteiger charge is -2.49. The lowest BCUT2D eigenvalue weighted by Crippen LogP contribution is -2.61. The van der Waals surface area contributed by atoms with Crippen molar-refractivity contribution in [1.29, 1.82) is 0 Å². The van der Waals surface area contributed by atoms with Crippen LogP contribution in [0.4, 0.5) is 4.39 Å². The Morgan fingerprint density at radius 3 is 2.77 bits per heavy atom. The predicted molar refractivity (Wildman–Crippen MR) is 92.1 cm³/mol. The number of aliphatic hydroxyl groups is 1. The number of hydrogen-bond donors (Lipinski definition) is 3. The molecule has 8 nitrogen and oxygen atoms in total. The minimum absolute atomic E-state index is 0.0537. The standard InChI is InChI=1S/C16H27FN4O4S/c17-15-12-8-20(7-11-2-1-4-18-11)5-3-10(12)6-13(22)16(15)21-9-14(23)19-26(21,24)25/h10-13,15-16,18,22H,1-9H2,(H,19,23). The second-order valence-corrected chi connectivity index (χ2v) is 9.70. The third-order valence-electron chi connectivity index (χ3n) is 6.39. The normalized spacial score (nSPS) is 44.0. The van der Waals surface area contributed by atoms with Gasteiger partial charge in [0.05, 0.1) is 18.7 Å². The van der Waals surface area contributed by atoms with E-state index < -0.39 is 41.0 Å². The fourth-order valence-electron chi connectivity index (χ4n) is 5.14. The van der Waals surface area contributed by atoms with E-state index >= 15 is 4.39 Å². The number of nitrogens with zero attached hydrogens (tertiary/aromatic N) is 2. The third-order valence-corrected chi connectivity index (χ3v) is 7.86.